The maximum absolute atomic E-state index is 6.24. The molecular formula is C13H28N2. The highest BCUT2D eigenvalue weighted by Gasteiger charge is 2.26. The van der Waals surface area contributed by atoms with Gasteiger partial charge in [0.15, 0.2) is 0 Å². The maximum Gasteiger partial charge on any atom is 0.0193 e. The van der Waals surface area contributed by atoms with E-state index < -0.39 is 0 Å². The number of hydrogen-bond acceptors (Lipinski definition) is 2. The summed E-state index contributed by atoms with van der Waals surface area (Å²) in [6.07, 6.45) is 5.27. The van der Waals surface area contributed by atoms with Crippen LogP contribution in [-0.2, 0) is 0 Å². The van der Waals surface area contributed by atoms with Gasteiger partial charge >= 0.3 is 0 Å². The molecule has 0 radical (unpaired) electrons. The van der Waals surface area contributed by atoms with E-state index in [4.69, 9.17) is 5.73 Å². The lowest BCUT2D eigenvalue weighted by Crippen LogP contribution is -2.50. The first-order valence-electron chi connectivity index (χ1n) is 6.57. The van der Waals surface area contributed by atoms with Crippen molar-refractivity contribution in [2.45, 2.75) is 71.5 Å². The molecule has 0 aromatic heterocycles. The number of likely N-dealkylation sites (tertiary alicyclic amines) is 1. The van der Waals surface area contributed by atoms with Crippen molar-refractivity contribution in [2.75, 3.05) is 6.54 Å². The summed E-state index contributed by atoms with van der Waals surface area (Å²) in [6, 6.07) is 1.80. The number of nitrogens with two attached hydrogens (primary N) is 1. The molecule has 0 bridgehead atoms. The highest BCUT2D eigenvalue weighted by molar-refractivity contribution is 4.83. The predicted molar refractivity (Wildman–Crippen MR) is 66.9 cm³/mol. The topological polar surface area (TPSA) is 29.3 Å². The molecule has 4 unspecified atom stereocenters. The normalized spacial score (nSPS) is 32.6. The van der Waals surface area contributed by atoms with Crippen LogP contribution < -0.4 is 5.73 Å². The molecule has 0 aromatic rings. The molecule has 0 amide bonds. The second-order valence-corrected chi connectivity index (χ2v) is 5.38. The second kappa shape index (κ2) is 5.86. The molecule has 2 N–H and O–H groups in total. The van der Waals surface area contributed by atoms with E-state index in [0.717, 1.165) is 18.6 Å². The van der Waals surface area contributed by atoms with Crippen LogP contribution in [0.4, 0.5) is 0 Å². The second-order valence-electron chi connectivity index (χ2n) is 5.38. The van der Waals surface area contributed by atoms with Crippen LogP contribution >= 0.6 is 0 Å². The first kappa shape index (κ1) is 13.0. The molecule has 0 saturated carbocycles. The van der Waals surface area contributed by atoms with Gasteiger partial charge in [-0.15, -0.1) is 0 Å². The van der Waals surface area contributed by atoms with Crippen molar-refractivity contribution >= 4 is 0 Å². The van der Waals surface area contributed by atoms with Gasteiger partial charge in [-0.25, -0.2) is 0 Å². The Hall–Kier alpha value is -0.0800. The van der Waals surface area contributed by atoms with E-state index in [9.17, 15) is 0 Å². The molecule has 15 heavy (non-hydrogen) atoms. The van der Waals surface area contributed by atoms with Crippen molar-refractivity contribution in [3.8, 4) is 0 Å². The first-order chi connectivity index (χ1) is 7.06. The average molecular weight is 212 g/mol. The van der Waals surface area contributed by atoms with Gasteiger partial charge in [-0.1, -0.05) is 26.7 Å². The van der Waals surface area contributed by atoms with Crippen LogP contribution in [0, 0.1) is 5.92 Å². The Morgan fingerprint density at radius 1 is 1.27 bits per heavy atom. The SMILES string of the molecule is CCC(C)C(N)CN1C(C)CCCC1C. The molecule has 1 saturated heterocycles. The fraction of sp³-hybridized carbons (Fsp3) is 1.00. The predicted octanol–water partition coefficient (Wildman–Crippen LogP) is 2.62. The molecular weight excluding hydrogens is 184 g/mol. The third-order valence-electron chi connectivity index (χ3n) is 4.17. The quantitative estimate of drug-likeness (QED) is 0.776. The molecule has 1 heterocycles. The summed E-state index contributed by atoms with van der Waals surface area (Å²) in [5, 5.41) is 0. The van der Waals surface area contributed by atoms with Gasteiger partial charge in [0.05, 0.1) is 0 Å². The van der Waals surface area contributed by atoms with E-state index in [2.05, 4.69) is 32.6 Å². The van der Waals surface area contributed by atoms with Gasteiger partial charge in [-0.05, 0) is 32.6 Å². The van der Waals surface area contributed by atoms with Crippen LogP contribution in [0.1, 0.15) is 53.4 Å². The first-order valence-corrected chi connectivity index (χ1v) is 6.57. The van der Waals surface area contributed by atoms with Gasteiger partial charge in [0.2, 0.25) is 0 Å². The summed E-state index contributed by atoms with van der Waals surface area (Å²) < 4.78 is 0. The molecule has 1 rings (SSSR count). The van der Waals surface area contributed by atoms with E-state index in [0.29, 0.717) is 12.0 Å². The molecule has 1 aliphatic heterocycles. The minimum atomic E-state index is 0.345. The number of nitrogens with zero attached hydrogens (tertiary/aromatic N) is 1. The van der Waals surface area contributed by atoms with Crippen LogP contribution in [0.5, 0.6) is 0 Å². The Kier molecular flexibility index (Phi) is 5.07. The molecule has 4 atom stereocenters. The molecule has 1 aliphatic rings. The largest absolute Gasteiger partial charge is 0.326 e. The van der Waals surface area contributed by atoms with Gasteiger partial charge in [-0.3, -0.25) is 4.90 Å². The van der Waals surface area contributed by atoms with Gasteiger partial charge in [0.25, 0.3) is 0 Å². The van der Waals surface area contributed by atoms with Crippen LogP contribution in [0.15, 0.2) is 0 Å². The van der Waals surface area contributed by atoms with E-state index >= 15 is 0 Å². The lowest BCUT2D eigenvalue weighted by molar-refractivity contribution is 0.0885. The number of rotatable bonds is 4. The zero-order valence-electron chi connectivity index (χ0n) is 10.9. The van der Waals surface area contributed by atoms with Crippen LogP contribution in [0.25, 0.3) is 0 Å². The van der Waals surface area contributed by atoms with E-state index in [1.807, 2.05) is 0 Å². The Morgan fingerprint density at radius 3 is 2.27 bits per heavy atom. The van der Waals surface area contributed by atoms with Crippen LogP contribution in [0.2, 0.25) is 0 Å². The summed E-state index contributed by atoms with van der Waals surface area (Å²) in [4.78, 5) is 2.61. The Balaban J connectivity index is 2.47. The van der Waals surface area contributed by atoms with Crippen molar-refractivity contribution in [2.24, 2.45) is 11.7 Å². The summed E-state index contributed by atoms with van der Waals surface area (Å²) in [7, 11) is 0. The Labute approximate surface area is 95.2 Å². The number of hydrogen-bond donors (Lipinski definition) is 1. The summed E-state index contributed by atoms with van der Waals surface area (Å²) in [6.45, 7) is 10.3. The third-order valence-corrected chi connectivity index (χ3v) is 4.17. The van der Waals surface area contributed by atoms with Crippen molar-refractivity contribution in [3.63, 3.8) is 0 Å². The van der Waals surface area contributed by atoms with Crippen molar-refractivity contribution in [1.82, 2.24) is 4.90 Å². The van der Waals surface area contributed by atoms with E-state index in [1.165, 1.54) is 25.7 Å². The average Bonchev–Trinajstić information content (AvgIpc) is 2.22. The summed E-state index contributed by atoms with van der Waals surface area (Å²) >= 11 is 0. The smallest absolute Gasteiger partial charge is 0.0193 e. The van der Waals surface area contributed by atoms with Crippen molar-refractivity contribution in [3.05, 3.63) is 0 Å². The lowest BCUT2D eigenvalue weighted by Gasteiger charge is -2.41. The van der Waals surface area contributed by atoms with E-state index in [-0.39, 0.29) is 0 Å². The maximum atomic E-state index is 6.24. The minimum absolute atomic E-state index is 0.345. The highest BCUT2D eigenvalue weighted by Crippen LogP contribution is 2.23. The molecule has 0 aliphatic carbocycles. The fourth-order valence-electron chi connectivity index (χ4n) is 2.56. The molecule has 1 fully saturated rings. The molecule has 2 nitrogen and oxygen atoms in total. The standard InChI is InChI=1S/C13H28N2/c1-5-10(2)13(14)9-15-11(3)7-6-8-12(15)4/h10-13H,5-9,14H2,1-4H3. The van der Waals surface area contributed by atoms with Gasteiger partial charge < -0.3 is 5.73 Å². The number of piperidine rings is 1. The molecule has 2 heteroatoms. The molecule has 90 valence electrons. The monoisotopic (exact) mass is 212 g/mol. The van der Waals surface area contributed by atoms with Crippen molar-refractivity contribution in [1.29, 1.82) is 0 Å². The zero-order valence-corrected chi connectivity index (χ0v) is 10.9. The minimum Gasteiger partial charge on any atom is -0.326 e. The zero-order chi connectivity index (χ0) is 11.4. The van der Waals surface area contributed by atoms with Crippen molar-refractivity contribution < 1.29 is 0 Å². The fourth-order valence-corrected chi connectivity index (χ4v) is 2.56. The van der Waals surface area contributed by atoms with E-state index in [1.54, 1.807) is 0 Å². The summed E-state index contributed by atoms with van der Waals surface area (Å²) in [5.41, 5.74) is 6.24. The highest BCUT2D eigenvalue weighted by atomic mass is 15.2. The third kappa shape index (κ3) is 3.46. The van der Waals surface area contributed by atoms with Crippen LogP contribution in [0.3, 0.4) is 0 Å². The van der Waals surface area contributed by atoms with Gasteiger partial charge in [0.1, 0.15) is 0 Å². The Bertz CT molecular complexity index is 171. The Morgan fingerprint density at radius 2 is 1.80 bits per heavy atom. The molecule has 0 spiro atoms. The summed E-state index contributed by atoms with van der Waals surface area (Å²) in [5.74, 6) is 0.645. The van der Waals surface area contributed by atoms with Crippen LogP contribution in [-0.4, -0.2) is 29.6 Å². The van der Waals surface area contributed by atoms with Gasteiger partial charge in [0, 0.05) is 24.7 Å². The molecule has 0 aromatic carbocycles. The lowest BCUT2D eigenvalue weighted by atomic mass is 9.94. The van der Waals surface area contributed by atoms with Gasteiger partial charge in [-0.2, -0.15) is 0 Å².